The van der Waals surface area contributed by atoms with Gasteiger partial charge >= 0.3 is 0 Å². The van der Waals surface area contributed by atoms with Crippen molar-refractivity contribution in [1.82, 2.24) is 24.6 Å². The van der Waals surface area contributed by atoms with Crippen molar-refractivity contribution in [3.63, 3.8) is 0 Å². The highest BCUT2D eigenvalue weighted by atomic mass is 16.2. The first-order valence-electron chi connectivity index (χ1n) is 14.4. The molecule has 2 aromatic heterocycles. The maximum atomic E-state index is 14.3. The normalized spacial score (nSPS) is 21.9. The summed E-state index contributed by atoms with van der Waals surface area (Å²) in [4.78, 5) is 37.9. The van der Waals surface area contributed by atoms with Gasteiger partial charge in [0, 0.05) is 75.7 Å². The molecule has 3 aromatic rings. The number of anilines is 1. The first kappa shape index (κ1) is 25.7. The van der Waals surface area contributed by atoms with Gasteiger partial charge in [-0.25, -0.2) is 0 Å². The Bertz CT molecular complexity index is 1330. The second-order valence-corrected chi connectivity index (χ2v) is 11.2. The molecule has 3 aliphatic rings. The predicted octanol–water partition coefficient (Wildman–Crippen LogP) is 4.61. The van der Waals surface area contributed by atoms with Gasteiger partial charge in [0.1, 0.15) is 5.69 Å². The molecule has 2 bridgehead atoms. The molecular formula is C31H38N6O2. The second-order valence-electron chi connectivity index (χ2n) is 11.2. The van der Waals surface area contributed by atoms with Crippen LogP contribution in [0.15, 0.2) is 54.9 Å². The van der Waals surface area contributed by atoms with Crippen LogP contribution in [0.2, 0.25) is 0 Å². The molecule has 0 radical (unpaired) electrons. The van der Waals surface area contributed by atoms with Gasteiger partial charge in [-0.1, -0.05) is 18.2 Å². The highest BCUT2D eigenvalue weighted by Gasteiger charge is 2.38. The summed E-state index contributed by atoms with van der Waals surface area (Å²) in [6.45, 7) is 6.93. The topological polar surface area (TPSA) is 74.6 Å². The molecule has 1 saturated carbocycles. The molecule has 39 heavy (non-hydrogen) atoms. The number of aryl methyl sites for hydroxylation is 1. The monoisotopic (exact) mass is 526 g/mol. The quantitative estimate of drug-likeness (QED) is 0.486. The molecule has 2 amide bonds. The molecule has 0 N–H and O–H groups in total. The number of hydrogen-bond acceptors (Lipinski definition) is 5. The van der Waals surface area contributed by atoms with Gasteiger partial charge in [0.2, 0.25) is 5.91 Å². The van der Waals surface area contributed by atoms with Crippen LogP contribution >= 0.6 is 0 Å². The average molecular weight is 527 g/mol. The lowest BCUT2D eigenvalue weighted by atomic mass is 10.1. The third-order valence-corrected chi connectivity index (χ3v) is 8.63. The van der Waals surface area contributed by atoms with Crippen molar-refractivity contribution in [3.05, 3.63) is 77.4 Å². The zero-order chi connectivity index (χ0) is 26.9. The number of para-hydroxylation sites is 1. The molecule has 1 aliphatic carbocycles. The second kappa shape index (κ2) is 10.9. The van der Waals surface area contributed by atoms with E-state index in [2.05, 4.69) is 28.1 Å². The number of aromatic nitrogens is 3. The number of pyridine rings is 1. The van der Waals surface area contributed by atoms with Gasteiger partial charge in [0.25, 0.3) is 5.91 Å². The van der Waals surface area contributed by atoms with Crippen LogP contribution < -0.4 is 4.90 Å². The van der Waals surface area contributed by atoms with E-state index in [1.54, 1.807) is 6.92 Å². The van der Waals surface area contributed by atoms with Gasteiger partial charge in [-0.15, -0.1) is 0 Å². The van der Waals surface area contributed by atoms with Crippen molar-refractivity contribution in [3.8, 4) is 0 Å². The minimum absolute atomic E-state index is 0.0204. The van der Waals surface area contributed by atoms with E-state index in [4.69, 9.17) is 5.10 Å². The maximum Gasteiger partial charge on any atom is 0.272 e. The summed E-state index contributed by atoms with van der Waals surface area (Å²) < 4.78 is 1.88. The van der Waals surface area contributed by atoms with Gasteiger partial charge < -0.3 is 9.80 Å². The van der Waals surface area contributed by atoms with E-state index < -0.39 is 0 Å². The van der Waals surface area contributed by atoms with Gasteiger partial charge in [-0.2, -0.15) is 5.10 Å². The Morgan fingerprint density at radius 1 is 0.974 bits per heavy atom. The summed E-state index contributed by atoms with van der Waals surface area (Å²) in [6.07, 6.45) is 8.98. The summed E-state index contributed by atoms with van der Waals surface area (Å²) in [5.74, 6) is 0.545. The molecule has 6 rings (SSSR count). The van der Waals surface area contributed by atoms with E-state index in [1.807, 2.05) is 58.1 Å². The van der Waals surface area contributed by atoms with Crippen molar-refractivity contribution in [2.75, 3.05) is 18.0 Å². The van der Waals surface area contributed by atoms with Crippen LogP contribution in [0.3, 0.4) is 0 Å². The SMILES string of the molecule is CCn1nc(C2CC2)cc1C(=O)N1Cc2ccccc2N(C(C)=O)CC[C@H]2CC[C@@H](C1)N2Cc1ccncc1. The Hall–Kier alpha value is -3.52. The molecule has 8 nitrogen and oxygen atoms in total. The Morgan fingerprint density at radius 3 is 2.49 bits per heavy atom. The number of carbonyl (C=O) groups is 2. The third kappa shape index (κ3) is 5.35. The fourth-order valence-corrected chi connectivity index (χ4v) is 6.38. The summed E-state index contributed by atoms with van der Waals surface area (Å²) >= 11 is 0. The molecule has 1 aromatic carbocycles. The van der Waals surface area contributed by atoms with Crippen LogP contribution in [0, 0.1) is 0 Å². The molecule has 204 valence electrons. The van der Waals surface area contributed by atoms with Crippen molar-refractivity contribution in [2.24, 2.45) is 0 Å². The van der Waals surface area contributed by atoms with Crippen LogP contribution in [0.1, 0.15) is 79.2 Å². The number of rotatable bonds is 5. The molecule has 1 saturated heterocycles. The van der Waals surface area contributed by atoms with Gasteiger partial charge in [0.05, 0.1) is 5.69 Å². The number of fused-ring (bicyclic) bond motifs is 3. The predicted molar refractivity (Wildman–Crippen MR) is 150 cm³/mol. The van der Waals surface area contributed by atoms with Crippen molar-refractivity contribution in [2.45, 2.75) is 83.6 Å². The van der Waals surface area contributed by atoms with E-state index in [-0.39, 0.29) is 17.9 Å². The molecule has 4 heterocycles. The minimum Gasteiger partial charge on any atom is -0.331 e. The molecule has 0 unspecified atom stereocenters. The molecule has 2 aliphatic heterocycles. The smallest absolute Gasteiger partial charge is 0.272 e. The number of amides is 2. The summed E-state index contributed by atoms with van der Waals surface area (Å²) in [7, 11) is 0. The average Bonchev–Trinajstić information content (AvgIpc) is 3.60. The van der Waals surface area contributed by atoms with Crippen molar-refractivity contribution >= 4 is 17.5 Å². The Morgan fingerprint density at radius 2 is 1.74 bits per heavy atom. The number of nitrogens with zero attached hydrogens (tertiary/aromatic N) is 6. The van der Waals surface area contributed by atoms with Crippen LogP contribution in [-0.4, -0.2) is 61.6 Å². The fourth-order valence-electron chi connectivity index (χ4n) is 6.38. The van der Waals surface area contributed by atoms with Gasteiger partial charge in [-0.3, -0.25) is 24.2 Å². The van der Waals surface area contributed by atoms with Crippen molar-refractivity contribution < 1.29 is 9.59 Å². The van der Waals surface area contributed by atoms with E-state index in [1.165, 1.54) is 5.56 Å². The Balaban J connectivity index is 1.39. The third-order valence-electron chi connectivity index (χ3n) is 8.63. The zero-order valence-electron chi connectivity index (χ0n) is 23.0. The van der Waals surface area contributed by atoms with Crippen molar-refractivity contribution in [1.29, 1.82) is 0 Å². The molecule has 2 fully saturated rings. The lowest BCUT2D eigenvalue weighted by molar-refractivity contribution is -0.116. The van der Waals surface area contributed by atoms with E-state index in [0.717, 1.165) is 55.6 Å². The minimum atomic E-state index is 0.0204. The highest BCUT2D eigenvalue weighted by Crippen LogP contribution is 2.40. The lowest BCUT2D eigenvalue weighted by Gasteiger charge is -2.34. The lowest BCUT2D eigenvalue weighted by Crippen LogP contribution is -2.45. The first-order chi connectivity index (χ1) is 19.0. The molecule has 0 spiro atoms. The number of benzene rings is 1. The Kier molecular flexibility index (Phi) is 7.21. The largest absolute Gasteiger partial charge is 0.331 e. The summed E-state index contributed by atoms with van der Waals surface area (Å²) in [5, 5.41) is 4.79. The molecule has 8 heteroatoms. The summed E-state index contributed by atoms with van der Waals surface area (Å²) in [6, 6.07) is 14.8. The van der Waals surface area contributed by atoms with Gasteiger partial charge in [-0.05, 0) is 74.4 Å². The van der Waals surface area contributed by atoms with E-state index in [9.17, 15) is 9.59 Å². The summed E-state index contributed by atoms with van der Waals surface area (Å²) in [5.41, 5.74) is 4.85. The molecular weight excluding hydrogens is 488 g/mol. The first-order valence-corrected chi connectivity index (χ1v) is 14.4. The number of carbonyl (C=O) groups excluding carboxylic acids is 2. The fraction of sp³-hybridized carbons (Fsp3) is 0.484. The van der Waals surface area contributed by atoms with Crippen LogP contribution in [0.5, 0.6) is 0 Å². The van der Waals surface area contributed by atoms with Crippen LogP contribution in [-0.2, 0) is 24.4 Å². The van der Waals surface area contributed by atoms with Crippen LogP contribution in [0.25, 0.3) is 0 Å². The van der Waals surface area contributed by atoms with Crippen LogP contribution in [0.4, 0.5) is 5.69 Å². The maximum absolute atomic E-state index is 14.3. The Labute approximate surface area is 230 Å². The van der Waals surface area contributed by atoms with E-state index >= 15 is 0 Å². The van der Waals surface area contributed by atoms with Gasteiger partial charge in [0.15, 0.2) is 0 Å². The zero-order valence-corrected chi connectivity index (χ0v) is 23.0. The standard InChI is InChI=1S/C31H38N6O2/c1-3-37-30(18-28(33-37)24-8-9-24)31(39)34-20-25-6-4-5-7-29(25)35(22(2)38)17-14-26-10-11-27(21-34)36(26)19-23-12-15-32-16-13-23/h4-7,12-13,15-16,18,24,26-27H,3,8-11,14,17,19-21H2,1-2H3/t26-,27+/m1/s1. The van der Waals surface area contributed by atoms with E-state index in [0.29, 0.717) is 43.8 Å². The number of hydrogen-bond donors (Lipinski definition) is 0. The highest BCUT2D eigenvalue weighted by molar-refractivity contribution is 5.94. The molecule has 2 atom stereocenters.